The molecule has 0 aromatic rings. The fourth-order valence-corrected chi connectivity index (χ4v) is 0. The molecule has 0 spiro atoms. The summed E-state index contributed by atoms with van der Waals surface area (Å²) in [5.74, 6) is 0. The predicted octanol–water partition coefficient (Wildman–Crippen LogP) is -3.03. The van der Waals surface area contributed by atoms with Crippen LogP contribution in [-0.2, 0) is 32.7 Å². The number of rotatable bonds is 0. The average molecular weight is 211 g/mol. The van der Waals surface area contributed by atoms with Gasteiger partial charge in [0.2, 0.25) is 0 Å². The molecule has 0 aliphatic carbocycles. The molecule has 0 saturated carbocycles. The summed E-state index contributed by atoms with van der Waals surface area (Å²) in [6.45, 7) is 0. The normalized spacial score (nSPS) is 3.86. The van der Waals surface area contributed by atoms with Crippen molar-refractivity contribution in [2.24, 2.45) is 0 Å². The van der Waals surface area contributed by atoms with Gasteiger partial charge in [0.25, 0.3) is 0 Å². The van der Waals surface area contributed by atoms with Gasteiger partial charge in [-0.1, -0.05) is 0 Å². The van der Waals surface area contributed by atoms with Crippen molar-refractivity contribution in [2.45, 2.75) is 0 Å². The Morgan fingerprint density at radius 3 is 1.14 bits per heavy atom. The molecular weight excluding hydrogens is 204 g/mol. The van der Waals surface area contributed by atoms with Gasteiger partial charge in [0.1, 0.15) is 0 Å². The van der Waals surface area contributed by atoms with Gasteiger partial charge >= 0.3 is 45.1 Å². The molecule has 0 atom stereocenters. The van der Waals surface area contributed by atoms with Crippen LogP contribution in [-0.4, -0.2) is 65.6 Å². The third-order valence-corrected chi connectivity index (χ3v) is 0. The zero-order chi connectivity index (χ0) is 3.58. The molecule has 7 heavy (non-hydrogen) atoms. The summed E-state index contributed by atoms with van der Waals surface area (Å²) in [4.78, 5) is 0. The van der Waals surface area contributed by atoms with Crippen molar-refractivity contribution in [1.82, 2.24) is 0 Å². The maximum atomic E-state index is 7.17. The summed E-state index contributed by atoms with van der Waals surface area (Å²) in [7, 11) is -2.17. The van der Waals surface area contributed by atoms with Crippen LogP contribution in [0.15, 0.2) is 0 Å². The zero-order valence-electron chi connectivity index (χ0n) is 5.70. The van der Waals surface area contributed by atoms with Crippen molar-refractivity contribution < 1.29 is 56.1 Å². The van der Waals surface area contributed by atoms with Gasteiger partial charge in [-0.15, -0.1) is 0 Å². The molecule has 0 amide bonds. The molecular formula is H7BCaO4Y. The van der Waals surface area contributed by atoms with Gasteiger partial charge in [-0.05, 0) is 0 Å². The molecule has 39 valence electrons. The van der Waals surface area contributed by atoms with Gasteiger partial charge in [-0.25, -0.2) is 0 Å². The maximum Gasteiger partial charge on any atom is 2.00 e. The van der Waals surface area contributed by atoms with E-state index < -0.39 is 7.32 Å². The van der Waals surface area contributed by atoms with E-state index in [4.69, 9.17) is 15.1 Å². The van der Waals surface area contributed by atoms with Crippen molar-refractivity contribution in [3.8, 4) is 0 Å². The Morgan fingerprint density at radius 2 is 1.14 bits per heavy atom. The smallest absolute Gasteiger partial charge is 1.00 e. The van der Waals surface area contributed by atoms with Crippen molar-refractivity contribution in [3.05, 3.63) is 0 Å². The molecule has 0 aliphatic rings. The van der Waals surface area contributed by atoms with Crippen molar-refractivity contribution in [3.63, 3.8) is 0 Å². The first-order valence-corrected chi connectivity index (χ1v) is 0.775. The Morgan fingerprint density at radius 1 is 1.14 bits per heavy atom. The molecule has 7 heteroatoms. The van der Waals surface area contributed by atoms with Gasteiger partial charge in [-0.3, -0.25) is 0 Å². The van der Waals surface area contributed by atoms with Crippen LogP contribution in [0.25, 0.3) is 0 Å². The summed E-state index contributed by atoms with van der Waals surface area (Å²) in [5.41, 5.74) is 0. The second kappa shape index (κ2) is 15.7. The van der Waals surface area contributed by atoms with Gasteiger partial charge in [0.15, 0.2) is 0 Å². The van der Waals surface area contributed by atoms with Crippen LogP contribution in [0.4, 0.5) is 0 Å². The number of hydrogen-bond acceptors (Lipinski definition) is 3. The molecule has 4 nitrogen and oxygen atoms in total. The van der Waals surface area contributed by atoms with Crippen LogP contribution in [0.1, 0.15) is 2.85 Å². The second-order valence-electron chi connectivity index (χ2n) is 0.346. The fraction of sp³-hybridized carbons (Fsp3) is 0. The molecule has 1 radical (unpaired) electrons. The molecule has 0 saturated heterocycles. The predicted molar refractivity (Wildman–Crippen MR) is 24.0 cm³/mol. The van der Waals surface area contributed by atoms with E-state index in [1.54, 1.807) is 0 Å². The van der Waals surface area contributed by atoms with E-state index in [-0.39, 0.29) is 78.8 Å². The molecule has 5 N–H and O–H groups in total. The van der Waals surface area contributed by atoms with E-state index in [0.29, 0.717) is 0 Å². The van der Waals surface area contributed by atoms with Gasteiger partial charge in [-0.2, -0.15) is 0 Å². The van der Waals surface area contributed by atoms with E-state index in [1.165, 1.54) is 0 Å². The minimum atomic E-state index is -2.17. The summed E-state index contributed by atoms with van der Waals surface area (Å²) in [5, 5.41) is 21.5. The first-order valence-electron chi connectivity index (χ1n) is 0.775. The summed E-state index contributed by atoms with van der Waals surface area (Å²) in [6, 6.07) is 0. The third-order valence-electron chi connectivity index (χ3n) is 0. The Kier molecular flexibility index (Phi) is 51.3. The quantitative estimate of drug-likeness (QED) is 0.372. The Hall–Kier alpha value is 2.27. The van der Waals surface area contributed by atoms with Crippen LogP contribution >= 0.6 is 0 Å². The van der Waals surface area contributed by atoms with Gasteiger partial charge < -0.3 is 23.4 Å². The largest absolute Gasteiger partial charge is 2.00 e. The van der Waals surface area contributed by atoms with Crippen LogP contribution < -0.4 is 0 Å². The van der Waals surface area contributed by atoms with Crippen molar-refractivity contribution >= 4 is 45.1 Å². The minimum absolute atomic E-state index is 0. The molecule has 0 aliphatic heterocycles. The van der Waals surface area contributed by atoms with Gasteiger partial charge in [0, 0.05) is 32.7 Å². The van der Waals surface area contributed by atoms with Crippen LogP contribution in [0.5, 0.6) is 0 Å². The van der Waals surface area contributed by atoms with E-state index in [1.807, 2.05) is 0 Å². The minimum Gasteiger partial charge on any atom is -1.00 e. The molecule has 0 bridgehead atoms. The maximum absolute atomic E-state index is 7.17. The van der Waals surface area contributed by atoms with Crippen LogP contribution in [0, 0.1) is 0 Å². The topological polar surface area (TPSA) is 92.2 Å². The van der Waals surface area contributed by atoms with Crippen molar-refractivity contribution in [2.75, 3.05) is 0 Å². The first kappa shape index (κ1) is 22.8. The van der Waals surface area contributed by atoms with Gasteiger partial charge in [0.05, 0.1) is 0 Å². The zero-order valence-corrected chi connectivity index (χ0v) is 8.75. The second-order valence-corrected chi connectivity index (χ2v) is 0.346. The summed E-state index contributed by atoms with van der Waals surface area (Å²) in [6.07, 6.45) is 0. The average Bonchev–Trinajstić information content (AvgIpc) is 0.811. The molecule has 0 fully saturated rings. The van der Waals surface area contributed by atoms with E-state index in [2.05, 4.69) is 0 Å². The van der Waals surface area contributed by atoms with Crippen LogP contribution in [0.3, 0.4) is 0 Å². The van der Waals surface area contributed by atoms with Crippen LogP contribution in [0.2, 0.25) is 0 Å². The molecule has 0 aromatic carbocycles. The standard InChI is InChI=1S/BH3O3.Ca.H2O.Y.2H/c2-1(3)4;;;;;/h2-4H;;1H2;;;/q;+2;;;2*-1. The SMILES string of the molecule is O.OB(O)O.[Ca+2].[H-].[H-].[Y]. The summed E-state index contributed by atoms with van der Waals surface area (Å²) < 4.78 is 0. The Balaban J connectivity index is -0.00000000450. The number of hydrogen-bond donors (Lipinski definition) is 3. The van der Waals surface area contributed by atoms with E-state index in [9.17, 15) is 0 Å². The first-order chi connectivity index (χ1) is 1.73. The monoisotopic (exact) mass is 211 g/mol. The van der Waals surface area contributed by atoms with E-state index >= 15 is 0 Å². The molecule has 0 rings (SSSR count). The fourth-order valence-electron chi connectivity index (χ4n) is 0. The molecule has 0 heterocycles. The molecule has 0 aromatic heterocycles. The molecule has 0 unspecified atom stereocenters. The van der Waals surface area contributed by atoms with Crippen molar-refractivity contribution in [1.29, 1.82) is 0 Å². The third kappa shape index (κ3) is 63.1. The Labute approximate surface area is 99.6 Å². The summed E-state index contributed by atoms with van der Waals surface area (Å²) >= 11 is 0. The Bertz CT molecular complexity index is 23.3. The van der Waals surface area contributed by atoms with E-state index in [0.717, 1.165) is 0 Å².